The van der Waals surface area contributed by atoms with Crippen molar-refractivity contribution in [3.63, 3.8) is 0 Å². The van der Waals surface area contributed by atoms with Gasteiger partial charge in [0.15, 0.2) is 0 Å². The van der Waals surface area contributed by atoms with Crippen molar-refractivity contribution < 1.29 is 4.79 Å². The average molecular weight is 319 g/mol. The zero-order valence-corrected chi connectivity index (χ0v) is 13.6. The Morgan fingerprint density at radius 1 is 1.26 bits per heavy atom. The monoisotopic (exact) mass is 319 g/mol. The van der Waals surface area contributed by atoms with Gasteiger partial charge in [0.05, 0.1) is 5.92 Å². The van der Waals surface area contributed by atoms with Crippen LogP contribution in [0.4, 0.5) is 5.82 Å². The number of rotatable bonds is 2. The number of amides is 1. The topological polar surface area (TPSA) is 81.3 Å². The van der Waals surface area contributed by atoms with E-state index in [9.17, 15) is 9.59 Å². The Morgan fingerprint density at radius 2 is 2.13 bits per heavy atom. The minimum absolute atomic E-state index is 0.0283. The van der Waals surface area contributed by atoms with Crippen LogP contribution in [0, 0.1) is 5.92 Å². The van der Waals surface area contributed by atoms with E-state index in [1.807, 2.05) is 4.90 Å². The van der Waals surface area contributed by atoms with E-state index in [1.54, 1.807) is 6.07 Å². The lowest BCUT2D eigenvalue weighted by atomic mass is 10.1. The van der Waals surface area contributed by atoms with Gasteiger partial charge in [0.2, 0.25) is 5.91 Å². The first-order valence-electron chi connectivity index (χ1n) is 8.46. The first kappa shape index (κ1) is 16.0. The third-order valence-corrected chi connectivity index (χ3v) is 4.78. The van der Waals surface area contributed by atoms with Crippen LogP contribution in [0.1, 0.15) is 26.2 Å². The van der Waals surface area contributed by atoms with Crippen LogP contribution >= 0.6 is 0 Å². The normalized spacial score (nSPS) is 26.0. The molecule has 0 saturated carbocycles. The third-order valence-electron chi connectivity index (χ3n) is 4.78. The van der Waals surface area contributed by atoms with Crippen molar-refractivity contribution in [2.45, 2.75) is 32.2 Å². The van der Waals surface area contributed by atoms with Gasteiger partial charge in [-0.2, -0.15) is 5.10 Å². The average Bonchev–Trinajstić information content (AvgIpc) is 3.01. The van der Waals surface area contributed by atoms with Crippen LogP contribution < -0.4 is 15.8 Å². The molecule has 0 radical (unpaired) electrons. The van der Waals surface area contributed by atoms with Crippen LogP contribution in [-0.4, -0.2) is 59.8 Å². The summed E-state index contributed by atoms with van der Waals surface area (Å²) in [6, 6.07) is 3.73. The maximum Gasteiger partial charge on any atom is 0.264 e. The minimum Gasteiger partial charge on any atom is -0.354 e. The summed E-state index contributed by atoms with van der Waals surface area (Å²) in [5, 5.41) is 9.96. The van der Waals surface area contributed by atoms with E-state index in [1.165, 1.54) is 6.07 Å². The molecule has 7 heteroatoms. The van der Waals surface area contributed by atoms with E-state index < -0.39 is 0 Å². The van der Waals surface area contributed by atoms with Crippen molar-refractivity contribution in [1.29, 1.82) is 0 Å². The van der Waals surface area contributed by atoms with Crippen LogP contribution in [0.25, 0.3) is 0 Å². The predicted molar refractivity (Wildman–Crippen MR) is 88.5 cm³/mol. The Kier molecular flexibility index (Phi) is 4.95. The first-order chi connectivity index (χ1) is 11.1. The molecule has 1 aromatic rings. The van der Waals surface area contributed by atoms with Gasteiger partial charge in [-0.1, -0.05) is 0 Å². The maximum absolute atomic E-state index is 12.8. The van der Waals surface area contributed by atoms with Gasteiger partial charge in [-0.3, -0.25) is 9.59 Å². The van der Waals surface area contributed by atoms with Gasteiger partial charge in [-0.15, -0.1) is 0 Å². The van der Waals surface area contributed by atoms with Gasteiger partial charge >= 0.3 is 0 Å². The SMILES string of the molecule is CC1CCCN(C(=O)C2CCN(c3ccc(=O)[nH]n3)C2)CCN1. The van der Waals surface area contributed by atoms with Gasteiger partial charge in [-0.25, -0.2) is 5.10 Å². The van der Waals surface area contributed by atoms with Gasteiger partial charge in [0.25, 0.3) is 5.56 Å². The Labute approximate surface area is 136 Å². The van der Waals surface area contributed by atoms with E-state index in [4.69, 9.17) is 0 Å². The summed E-state index contributed by atoms with van der Waals surface area (Å²) in [7, 11) is 0. The number of nitrogens with one attached hydrogen (secondary N) is 2. The smallest absolute Gasteiger partial charge is 0.264 e. The van der Waals surface area contributed by atoms with Gasteiger partial charge in [0.1, 0.15) is 5.82 Å². The number of aromatic amines is 1. The number of carbonyl (C=O) groups excluding carboxylic acids is 1. The summed E-state index contributed by atoms with van der Waals surface area (Å²) < 4.78 is 0. The molecule has 126 valence electrons. The Hall–Kier alpha value is -1.89. The highest BCUT2D eigenvalue weighted by molar-refractivity contribution is 5.80. The lowest BCUT2D eigenvalue weighted by Gasteiger charge is -2.29. The van der Waals surface area contributed by atoms with Crippen molar-refractivity contribution in [2.24, 2.45) is 5.92 Å². The molecule has 3 heterocycles. The van der Waals surface area contributed by atoms with Crippen LogP contribution in [0.5, 0.6) is 0 Å². The predicted octanol–water partition coefficient (Wildman–Crippen LogP) is 0.197. The summed E-state index contributed by atoms with van der Waals surface area (Å²) >= 11 is 0. The molecule has 0 aliphatic carbocycles. The fourth-order valence-electron chi connectivity index (χ4n) is 3.41. The summed E-state index contributed by atoms with van der Waals surface area (Å²) in [5.41, 5.74) is -0.206. The maximum atomic E-state index is 12.8. The molecule has 0 aromatic carbocycles. The lowest BCUT2D eigenvalue weighted by Crippen LogP contribution is -2.45. The summed E-state index contributed by atoms with van der Waals surface area (Å²) in [6.45, 7) is 6.19. The summed E-state index contributed by atoms with van der Waals surface area (Å²) in [6.07, 6.45) is 3.01. The highest BCUT2D eigenvalue weighted by Gasteiger charge is 2.32. The lowest BCUT2D eigenvalue weighted by molar-refractivity contribution is -0.135. The molecule has 2 aliphatic rings. The largest absolute Gasteiger partial charge is 0.354 e. The highest BCUT2D eigenvalue weighted by atomic mass is 16.2. The fraction of sp³-hybridized carbons (Fsp3) is 0.688. The van der Waals surface area contributed by atoms with Crippen LogP contribution in [0.3, 0.4) is 0 Å². The molecule has 1 aromatic heterocycles. The molecular weight excluding hydrogens is 294 g/mol. The van der Waals surface area contributed by atoms with E-state index in [2.05, 4.69) is 27.3 Å². The molecule has 2 atom stereocenters. The Balaban J connectivity index is 1.58. The van der Waals surface area contributed by atoms with E-state index in [0.29, 0.717) is 12.6 Å². The van der Waals surface area contributed by atoms with E-state index >= 15 is 0 Å². The molecule has 2 aliphatic heterocycles. The molecule has 2 unspecified atom stereocenters. The number of anilines is 1. The Bertz CT molecular complexity index is 572. The number of carbonyl (C=O) groups is 1. The second-order valence-electron chi connectivity index (χ2n) is 6.53. The van der Waals surface area contributed by atoms with Gasteiger partial charge in [-0.05, 0) is 32.3 Å². The number of nitrogens with zero attached hydrogens (tertiary/aromatic N) is 3. The highest BCUT2D eigenvalue weighted by Crippen LogP contribution is 2.23. The zero-order valence-electron chi connectivity index (χ0n) is 13.6. The van der Waals surface area contributed by atoms with Gasteiger partial charge in [0, 0.05) is 44.8 Å². The molecule has 3 rings (SSSR count). The standard InChI is InChI=1S/C16H25N5O2/c1-12-3-2-8-20(10-7-17-12)16(23)13-6-9-21(11-13)14-4-5-15(22)19-18-14/h4-5,12-13,17H,2-3,6-11H2,1H3,(H,19,22). The molecule has 2 saturated heterocycles. The minimum atomic E-state index is -0.206. The zero-order chi connectivity index (χ0) is 16.2. The number of aromatic nitrogens is 2. The van der Waals surface area contributed by atoms with Crippen molar-refractivity contribution in [2.75, 3.05) is 37.6 Å². The molecule has 23 heavy (non-hydrogen) atoms. The number of H-pyrrole nitrogens is 1. The second-order valence-corrected chi connectivity index (χ2v) is 6.53. The first-order valence-corrected chi connectivity index (χ1v) is 8.46. The molecule has 2 N–H and O–H groups in total. The van der Waals surface area contributed by atoms with Gasteiger partial charge < -0.3 is 15.1 Å². The number of hydrogen-bond acceptors (Lipinski definition) is 5. The summed E-state index contributed by atoms with van der Waals surface area (Å²) in [5.74, 6) is 1.02. The van der Waals surface area contributed by atoms with Crippen LogP contribution in [0.15, 0.2) is 16.9 Å². The molecule has 1 amide bonds. The summed E-state index contributed by atoms with van der Waals surface area (Å²) in [4.78, 5) is 27.9. The fourth-order valence-corrected chi connectivity index (χ4v) is 3.41. The van der Waals surface area contributed by atoms with Crippen molar-refractivity contribution in [3.05, 3.63) is 22.5 Å². The molecular formula is C16H25N5O2. The van der Waals surface area contributed by atoms with Crippen molar-refractivity contribution in [1.82, 2.24) is 20.4 Å². The van der Waals surface area contributed by atoms with E-state index in [0.717, 1.165) is 51.3 Å². The second kappa shape index (κ2) is 7.12. The molecule has 0 bridgehead atoms. The number of hydrogen-bond donors (Lipinski definition) is 2. The van der Waals surface area contributed by atoms with Crippen molar-refractivity contribution in [3.8, 4) is 0 Å². The van der Waals surface area contributed by atoms with Crippen LogP contribution in [-0.2, 0) is 4.79 Å². The quantitative estimate of drug-likeness (QED) is 0.814. The van der Waals surface area contributed by atoms with E-state index in [-0.39, 0.29) is 17.4 Å². The van der Waals surface area contributed by atoms with Crippen molar-refractivity contribution >= 4 is 11.7 Å². The molecule has 2 fully saturated rings. The molecule has 7 nitrogen and oxygen atoms in total. The third kappa shape index (κ3) is 3.90. The van der Waals surface area contributed by atoms with Crippen LogP contribution in [0.2, 0.25) is 0 Å². The Morgan fingerprint density at radius 3 is 2.91 bits per heavy atom. The molecule has 0 spiro atoms.